The molecule has 0 fully saturated rings. The van der Waals surface area contributed by atoms with E-state index in [0.717, 1.165) is 4.31 Å². The van der Waals surface area contributed by atoms with Crippen molar-refractivity contribution >= 4 is 27.5 Å². The highest BCUT2D eigenvalue weighted by Crippen LogP contribution is 2.25. The number of nitrogens with one attached hydrogen (secondary N) is 1. The number of pyridine rings is 1. The average molecular weight is 464 g/mol. The maximum absolute atomic E-state index is 13.0. The van der Waals surface area contributed by atoms with Crippen molar-refractivity contribution in [2.45, 2.75) is 11.4 Å². The van der Waals surface area contributed by atoms with Gasteiger partial charge in [0.1, 0.15) is 16.5 Å². The molecule has 3 aromatic rings. The van der Waals surface area contributed by atoms with Crippen molar-refractivity contribution in [3.8, 4) is 11.6 Å². The molecular formula is C21H19ClFN3O4S. The molecule has 2 aromatic carbocycles. The number of benzene rings is 2. The summed E-state index contributed by atoms with van der Waals surface area (Å²) in [6, 6.07) is 12.9. The molecule has 10 heteroatoms. The van der Waals surface area contributed by atoms with E-state index in [1.807, 2.05) is 0 Å². The Bertz CT molecular complexity index is 1200. The molecule has 0 bridgehead atoms. The average Bonchev–Trinajstić information content (AvgIpc) is 2.74. The number of hydrogen-bond donors (Lipinski definition) is 1. The molecule has 0 aliphatic heterocycles. The topological polar surface area (TPSA) is 88.6 Å². The maximum atomic E-state index is 13.0. The zero-order valence-electron chi connectivity index (χ0n) is 16.7. The Morgan fingerprint density at radius 1 is 1.13 bits per heavy atom. The number of carbonyl (C=O) groups is 1. The molecule has 0 saturated carbocycles. The summed E-state index contributed by atoms with van der Waals surface area (Å²) in [6.07, 6.45) is 1.52. The van der Waals surface area contributed by atoms with E-state index in [1.54, 1.807) is 12.1 Å². The van der Waals surface area contributed by atoms with E-state index in [1.165, 1.54) is 62.8 Å². The monoisotopic (exact) mass is 463 g/mol. The van der Waals surface area contributed by atoms with Gasteiger partial charge in [-0.05, 0) is 54.1 Å². The minimum absolute atomic E-state index is 0.0296. The van der Waals surface area contributed by atoms with Crippen molar-refractivity contribution in [3.63, 3.8) is 0 Å². The SMILES string of the molecule is CN(C)S(=O)(=O)c1cc(C(=O)NCc2ccnc(Oc3ccc(F)cc3)c2)ccc1Cl. The smallest absolute Gasteiger partial charge is 0.251 e. The van der Waals surface area contributed by atoms with E-state index in [4.69, 9.17) is 16.3 Å². The van der Waals surface area contributed by atoms with E-state index in [9.17, 15) is 17.6 Å². The zero-order valence-corrected chi connectivity index (χ0v) is 18.2. The van der Waals surface area contributed by atoms with E-state index in [-0.39, 0.29) is 33.7 Å². The van der Waals surface area contributed by atoms with Crippen LogP contribution < -0.4 is 10.1 Å². The Labute approximate surface area is 184 Å². The van der Waals surface area contributed by atoms with Crippen LogP contribution in [0.2, 0.25) is 5.02 Å². The molecule has 1 aromatic heterocycles. The number of sulfonamides is 1. The third kappa shape index (κ3) is 5.57. The summed E-state index contributed by atoms with van der Waals surface area (Å²) in [4.78, 5) is 16.5. The quantitative estimate of drug-likeness (QED) is 0.575. The third-order valence-corrected chi connectivity index (χ3v) is 6.54. The number of carbonyl (C=O) groups excluding carboxylic acids is 1. The predicted octanol–water partition coefficient (Wildman–Crippen LogP) is 3.85. The van der Waals surface area contributed by atoms with Gasteiger partial charge in [0, 0.05) is 38.5 Å². The Morgan fingerprint density at radius 2 is 1.84 bits per heavy atom. The fourth-order valence-corrected chi connectivity index (χ4v) is 3.96. The van der Waals surface area contributed by atoms with Gasteiger partial charge >= 0.3 is 0 Å². The van der Waals surface area contributed by atoms with E-state index >= 15 is 0 Å². The van der Waals surface area contributed by atoms with Crippen LogP contribution in [0, 0.1) is 5.82 Å². The van der Waals surface area contributed by atoms with Crippen LogP contribution in [0.25, 0.3) is 0 Å². The van der Waals surface area contributed by atoms with Crippen LogP contribution in [0.15, 0.2) is 65.7 Å². The summed E-state index contributed by atoms with van der Waals surface area (Å²) in [7, 11) is -1.03. The molecule has 1 amide bonds. The summed E-state index contributed by atoms with van der Waals surface area (Å²) in [5.74, 6) is -0.139. The standard InChI is InChI=1S/C21H19ClFN3O4S/c1-26(2)31(28,29)19-12-15(3-8-18(19)22)21(27)25-13-14-9-10-24-20(11-14)30-17-6-4-16(23)5-7-17/h3-12H,13H2,1-2H3,(H,25,27). The van der Waals surface area contributed by atoms with Gasteiger partial charge in [0.25, 0.3) is 5.91 Å². The van der Waals surface area contributed by atoms with Crippen molar-refractivity contribution in [2.75, 3.05) is 14.1 Å². The summed E-state index contributed by atoms with van der Waals surface area (Å²) in [5.41, 5.74) is 0.859. The van der Waals surface area contributed by atoms with Crippen molar-refractivity contribution in [1.29, 1.82) is 0 Å². The molecule has 0 radical (unpaired) electrons. The fraction of sp³-hybridized carbons (Fsp3) is 0.143. The molecule has 0 saturated heterocycles. The van der Waals surface area contributed by atoms with Crippen molar-refractivity contribution in [1.82, 2.24) is 14.6 Å². The van der Waals surface area contributed by atoms with E-state index in [2.05, 4.69) is 10.3 Å². The normalized spacial score (nSPS) is 11.4. The minimum atomic E-state index is -3.80. The van der Waals surface area contributed by atoms with Gasteiger partial charge in [0.05, 0.1) is 5.02 Å². The van der Waals surface area contributed by atoms with E-state index in [0.29, 0.717) is 11.3 Å². The zero-order chi connectivity index (χ0) is 22.6. The molecule has 3 rings (SSSR count). The molecule has 7 nitrogen and oxygen atoms in total. The van der Waals surface area contributed by atoms with Gasteiger partial charge in [-0.3, -0.25) is 4.79 Å². The lowest BCUT2D eigenvalue weighted by atomic mass is 10.2. The molecule has 0 aliphatic rings. The second-order valence-electron chi connectivity index (χ2n) is 6.67. The fourth-order valence-electron chi connectivity index (χ4n) is 2.56. The molecule has 0 unspecified atom stereocenters. The third-order valence-electron chi connectivity index (χ3n) is 4.24. The number of rotatable bonds is 7. The highest BCUT2D eigenvalue weighted by atomic mass is 35.5. The molecule has 0 aliphatic carbocycles. The van der Waals surface area contributed by atoms with Crippen LogP contribution in [0.4, 0.5) is 4.39 Å². The van der Waals surface area contributed by atoms with Crippen LogP contribution in [0.5, 0.6) is 11.6 Å². The minimum Gasteiger partial charge on any atom is -0.439 e. The van der Waals surface area contributed by atoms with Crippen molar-refractivity contribution < 1.29 is 22.3 Å². The first kappa shape index (κ1) is 22.7. The summed E-state index contributed by atoms with van der Waals surface area (Å²) >= 11 is 6.02. The lowest BCUT2D eigenvalue weighted by Gasteiger charge is -2.14. The molecule has 1 N–H and O–H groups in total. The van der Waals surface area contributed by atoms with Crippen LogP contribution in [-0.2, 0) is 16.6 Å². The Morgan fingerprint density at radius 3 is 2.52 bits per heavy atom. The van der Waals surface area contributed by atoms with Crippen LogP contribution in [0.1, 0.15) is 15.9 Å². The highest BCUT2D eigenvalue weighted by molar-refractivity contribution is 7.89. The van der Waals surface area contributed by atoms with Gasteiger partial charge in [-0.2, -0.15) is 0 Å². The summed E-state index contributed by atoms with van der Waals surface area (Å²) in [6.45, 7) is 0.152. The predicted molar refractivity (Wildman–Crippen MR) is 114 cm³/mol. The number of hydrogen-bond acceptors (Lipinski definition) is 5. The van der Waals surface area contributed by atoms with Crippen molar-refractivity contribution in [2.24, 2.45) is 0 Å². The molecule has 0 atom stereocenters. The maximum Gasteiger partial charge on any atom is 0.251 e. The number of ether oxygens (including phenoxy) is 1. The van der Waals surface area contributed by atoms with Gasteiger partial charge in [0.2, 0.25) is 15.9 Å². The van der Waals surface area contributed by atoms with Crippen molar-refractivity contribution in [3.05, 3.63) is 82.8 Å². The Kier molecular flexibility index (Phi) is 6.89. The summed E-state index contributed by atoms with van der Waals surface area (Å²) < 4.78 is 44.4. The largest absolute Gasteiger partial charge is 0.439 e. The second kappa shape index (κ2) is 9.42. The van der Waals surface area contributed by atoms with Gasteiger partial charge in [-0.25, -0.2) is 22.1 Å². The van der Waals surface area contributed by atoms with Gasteiger partial charge in [0.15, 0.2) is 0 Å². The molecular weight excluding hydrogens is 445 g/mol. The van der Waals surface area contributed by atoms with E-state index < -0.39 is 15.9 Å². The number of nitrogens with zero attached hydrogens (tertiary/aromatic N) is 2. The Hall–Kier alpha value is -3.01. The second-order valence-corrected chi connectivity index (χ2v) is 9.20. The molecule has 1 heterocycles. The first-order valence-corrected chi connectivity index (χ1v) is 10.9. The van der Waals surface area contributed by atoms with Gasteiger partial charge in [-0.15, -0.1) is 0 Å². The Balaban J connectivity index is 1.70. The van der Waals surface area contributed by atoms with Crippen LogP contribution >= 0.6 is 11.6 Å². The lowest BCUT2D eigenvalue weighted by Crippen LogP contribution is -2.25. The number of halogens is 2. The number of aromatic nitrogens is 1. The number of amides is 1. The molecule has 162 valence electrons. The van der Waals surface area contributed by atoms with Gasteiger partial charge < -0.3 is 10.1 Å². The lowest BCUT2D eigenvalue weighted by molar-refractivity contribution is 0.0950. The molecule has 31 heavy (non-hydrogen) atoms. The van der Waals surface area contributed by atoms with Gasteiger partial charge in [-0.1, -0.05) is 11.6 Å². The van der Waals surface area contributed by atoms with Crippen LogP contribution in [0.3, 0.4) is 0 Å². The first-order chi connectivity index (χ1) is 14.7. The first-order valence-electron chi connectivity index (χ1n) is 9.05. The highest BCUT2D eigenvalue weighted by Gasteiger charge is 2.22. The molecule has 0 spiro atoms. The van der Waals surface area contributed by atoms with Crippen LogP contribution in [-0.4, -0.2) is 37.7 Å². The summed E-state index contributed by atoms with van der Waals surface area (Å²) in [5, 5.41) is 2.75.